The quantitative estimate of drug-likeness (QED) is 0.578. The molecule has 0 radical (unpaired) electrons. The number of aromatic nitrogens is 2. The van der Waals surface area contributed by atoms with Crippen LogP contribution >= 0.6 is 0 Å². The second-order valence-corrected chi connectivity index (χ2v) is 4.80. The monoisotopic (exact) mass is 311 g/mol. The Morgan fingerprint density at radius 1 is 1.36 bits per heavy atom. The molecule has 0 aliphatic rings. The smallest absolute Gasteiger partial charge is 0.312 e. The average molecular weight is 311 g/mol. The number of nitrogens with zero attached hydrogens (tertiary/aromatic N) is 4. The highest BCUT2D eigenvalue weighted by molar-refractivity contribution is 5.84. The molecule has 1 N–H and O–H groups in total. The first-order chi connectivity index (χ1) is 10.3. The zero-order chi connectivity index (χ0) is 16.9. The van der Waals surface area contributed by atoms with Crippen LogP contribution in [-0.4, -0.2) is 51.1 Å². The van der Waals surface area contributed by atoms with E-state index in [1.807, 2.05) is 0 Å². The lowest BCUT2D eigenvalue weighted by molar-refractivity contribution is -0.386. The first kappa shape index (κ1) is 17.6. The molecule has 0 bridgehead atoms. The van der Waals surface area contributed by atoms with Crippen molar-refractivity contribution in [2.45, 2.75) is 34.2 Å². The summed E-state index contributed by atoms with van der Waals surface area (Å²) < 4.78 is 1.30. The van der Waals surface area contributed by atoms with Gasteiger partial charge in [0.25, 0.3) is 0 Å². The van der Waals surface area contributed by atoms with Crippen LogP contribution in [0.4, 0.5) is 5.69 Å². The van der Waals surface area contributed by atoms with Crippen molar-refractivity contribution >= 4 is 17.5 Å². The summed E-state index contributed by atoms with van der Waals surface area (Å²) in [5.74, 6) is -0.550. The second kappa shape index (κ2) is 7.53. The highest BCUT2D eigenvalue weighted by Gasteiger charge is 2.24. The number of hydrogen-bond acceptors (Lipinski definition) is 5. The number of nitrogens with one attached hydrogen (secondary N) is 1. The van der Waals surface area contributed by atoms with E-state index in [2.05, 4.69) is 10.4 Å². The summed E-state index contributed by atoms with van der Waals surface area (Å²) in [4.78, 5) is 35.6. The first-order valence-corrected chi connectivity index (χ1v) is 7.04. The molecule has 0 saturated heterocycles. The van der Waals surface area contributed by atoms with Crippen LogP contribution in [0.25, 0.3) is 0 Å². The van der Waals surface area contributed by atoms with Crippen LogP contribution in [0.2, 0.25) is 0 Å². The van der Waals surface area contributed by atoms with Crippen LogP contribution in [0.3, 0.4) is 0 Å². The number of carbonyl (C=O) groups is 2. The third-order valence-corrected chi connectivity index (χ3v) is 3.25. The van der Waals surface area contributed by atoms with Crippen LogP contribution in [-0.2, 0) is 16.1 Å². The standard InChI is InChI=1S/C13H21N5O4/c1-5-14-11(19)7-16(6-2)12(20)8-17-10(4)13(18(21)22)9(3)15-17/h5-8H2,1-4H3,(H,14,19). The van der Waals surface area contributed by atoms with Crippen LogP contribution in [0.1, 0.15) is 25.2 Å². The van der Waals surface area contributed by atoms with Gasteiger partial charge in [-0.05, 0) is 27.7 Å². The molecule has 0 aromatic carbocycles. The van der Waals surface area contributed by atoms with Gasteiger partial charge >= 0.3 is 5.69 Å². The molecule has 0 fully saturated rings. The Labute approximate surface area is 128 Å². The molecule has 0 spiro atoms. The van der Waals surface area contributed by atoms with E-state index in [9.17, 15) is 19.7 Å². The van der Waals surface area contributed by atoms with E-state index in [1.165, 1.54) is 16.5 Å². The first-order valence-electron chi connectivity index (χ1n) is 7.04. The summed E-state index contributed by atoms with van der Waals surface area (Å²) >= 11 is 0. The molecule has 1 rings (SSSR count). The van der Waals surface area contributed by atoms with Crippen molar-refractivity contribution < 1.29 is 14.5 Å². The Morgan fingerprint density at radius 2 is 2.00 bits per heavy atom. The van der Waals surface area contributed by atoms with Crippen molar-refractivity contribution in [2.75, 3.05) is 19.6 Å². The summed E-state index contributed by atoms with van der Waals surface area (Å²) in [7, 11) is 0. The fourth-order valence-electron chi connectivity index (χ4n) is 2.14. The van der Waals surface area contributed by atoms with Gasteiger partial charge < -0.3 is 10.2 Å². The molecule has 122 valence electrons. The zero-order valence-electron chi connectivity index (χ0n) is 13.3. The molecule has 1 aromatic rings. The van der Waals surface area contributed by atoms with Gasteiger partial charge in [0.05, 0.1) is 11.5 Å². The molecule has 0 unspecified atom stereocenters. The van der Waals surface area contributed by atoms with E-state index < -0.39 is 4.92 Å². The Hall–Kier alpha value is -2.45. The Bertz CT molecular complexity index is 581. The molecule has 9 nitrogen and oxygen atoms in total. The minimum Gasteiger partial charge on any atom is -0.355 e. The Kier molecular flexibility index (Phi) is 6.02. The predicted octanol–water partition coefficient (Wildman–Crippen LogP) is 0.393. The maximum atomic E-state index is 12.2. The predicted molar refractivity (Wildman–Crippen MR) is 79.3 cm³/mol. The van der Waals surface area contributed by atoms with Gasteiger partial charge in [0.1, 0.15) is 17.9 Å². The molecule has 0 atom stereocenters. The van der Waals surface area contributed by atoms with Gasteiger partial charge in [0, 0.05) is 13.1 Å². The lowest BCUT2D eigenvalue weighted by Crippen LogP contribution is -2.42. The summed E-state index contributed by atoms with van der Waals surface area (Å²) in [5, 5.41) is 17.6. The van der Waals surface area contributed by atoms with E-state index in [-0.39, 0.29) is 36.3 Å². The second-order valence-electron chi connectivity index (χ2n) is 4.80. The minimum absolute atomic E-state index is 0.0371. The van der Waals surface area contributed by atoms with Crippen LogP contribution in [0.15, 0.2) is 0 Å². The Morgan fingerprint density at radius 3 is 2.45 bits per heavy atom. The van der Waals surface area contributed by atoms with Crippen molar-refractivity contribution in [1.82, 2.24) is 20.0 Å². The van der Waals surface area contributed by atoms with Gasteiger partial charge in [-0.3, -0.25) is 24.4 Å². The van der Waals surface area contributed by atoms with E-state index in [0.29, 0.717) is 18.8 Å². The van der Waals surface area contributed by atoms with Crippen molar-refractivity contribution in [3.63, 3.8) is 0 Å². The summed E-state index contributed by atoms with van der Waals surface area (Å²) in [5.41, 5.74) is 0.506. The van der Waals surface area contributed by atoms with E-state index in [1.54, 1.807) is 20.8 Å². The van der Waals surface area contributed by atoms with Gasteiger partial charge in [0.2, 0.25) is 11.8 Å². The largest absolute Gasteiger partial charge is 0.355 e. The third-order valence-electron chi connectivity index (χ3n) is 3.25. The molecule has 22 heavy (non-hydrogen) atoms. The number of hydrogen-bond donors (Lipinski definition) is 1. The topological polar surface area (TPSA) is 110 Å². The van der Waals surface area contributed by atoms with Gasteiger partial charge in [-0.1, -0.05) is 0 Å². The lowest BCUT2D eigenvalue weighted by Gasteiger charge is -2.20. The molecule has 9 heteroatoms. The highest BCUT2D eigenvalue weighted by Crippen LogP contribution is 2.21. The van der Waals surface area contributed by atoms with E-state index in [4.69, 9.17) is 0 Å². The van der Waals surface area contributed by atoms with Gasteiger partial charge in [-0.25, -0.2) is 0 Å². The summed E-state index contributed by atoms with van der Waals surface area (Å²) in [6.45, 7) is 7.33. The number of aryl methyl sites for hydroxylation is 1. The summed E-state index contributed by atoms with van der Waals surface area (Å²) in [6, 6.07) is 0. The fraction of sp³-hybridized carbons (Fsp3) is 0.615. The lowest BCUT2D eigenvalue weighted by atomic mass is 10.3. The van der Waals surface area contributed by atoms with Crippen molar-refractivity contribution in [3.05, 3.63) is 21.5 Å². The minimum atomic E-state index is -0.509. The number of carbonyl (C=O) groups excluding carboxylic acids is 2. The van der Waals surface area contributed by atoms with Crippen molar-refractivity contribution in [2.24, 2.45) is 0 Å². The number of amides is 2. The van der Waals surface area contributed by atoms with Gasteiger partial charge in [0.15, 0.2) is 0 Å². The highest BCUT2D eigenvalue weighted by atomic mass is 16.6. The van der Waals surface area contributed by atoms with Crippen LogP contribution in [0.5, 0.6) is 0 Å². The molecule has 1 heterocycles. The molecular weight excluding hydrogens is 290 g/mol. The SMILES string of the molecule is CCNC(=O)CN(CC)C(=O)Cn1nc(C)c([N+](=O)[O-])c1C. The molecule has 2 amide bonds. The van der Waals surface area contributed by atoms with Crippen molar-refractivity contribution in [3.8, 4) is 0 Å². The molecule has 1 aromatic heterocycles. The van der Waals surface area contributed by atoms with Gasteiger partial charge in [-0.15, -0.1) is 0 Å². The molecule has 0 saturated carbocycles. The number of likely N-dealkylation sites (N-methyl/N-ethyl adjacent to an activating group) is 2. The van der Waals surface area contributed by atoms with Crippen molar-refractivity contribution in [1.29, 1.82) is 0 Å². The zero-order valence-corrected chi connectivity index (χ0v) is 13.3. The van der Waals surface area contributed by atoms with Gasteiger partial charge in [-0.2, -0.15) is 5.10 Å². The molecule has 0 aliphatic heterocycles. The summed E-state index contributed by atoms with van der Waals surface area (Å²) in [6.07, 6.45) is 0. The molecule has 0 aliphatic carbocycles. The fourth-order valence-corrected chi connectivity index (χ4v) is 2.14. The Balaban J connectivity index is 2.85. The maximum absolute atomic E-state index is 12.2. The van der Waals surface area contributed by atoms with Crippen LogP contribution < -0.4 is 5.32 Å². The van der Waals surface area contributed by atoms with E-state index >= 15 is 0 Å². The van der Waals surface area contributed by atoms with Crippen LogP contribution in [0, 0.1) is 24.0 Å². The van der Waals surface area contributed by atoms with E-state index in [0.717, 1.165) is 0 Å². The third kappa shape index (κ3) is 4.03. The molecular formula is C13H21N5O4. The normalized spacial score (nSPS) is 10.4. The average Bonchev–Trinajstić information content (AvgIpc) is 2.70. The number of nitro groups is 1. The number of rotatable bonds is 7. The maximum Gasteiger partial charge on any atom is 0.312 e.